The molecule has 0 aliphatic carbocycles. The number of pyridine rings is 1. The normalized spacial score (nSPS) is 11.6. The molecule has 39 heavy (non-hydrogen) atoms. The largest absolute Gasteiger partial charge is 0.353 e. The molecule has 0 fully saturated rings. The summed E-state index contributed by atoms with van der Waals surface area (Å²) in [6.45, 7) is 3.46. The van der Waals surface area contributed by atoms with Crippen LogP contribution in [0.3, 0.4) is 0 Å². The van der Waals surface area contributed by atoms with Gasteiger partial charge in [0.05, 0.1) is 39.4 Å². The highest BCUT2D eigenvalue weighted by molar-refractivity contribution is 7.89. The Morgan fingerprint density at radius 1 is 1.05 bits per heavy atom. The van der Waals surface area contributed by atoms with E-state index in [2.05, 4.69) is 25.2 Å². The molecule has 0 aliphatic heterocycles. The first-order chi connectivity index (χ1) is 18.7. The zero-order chi connectivity index (χ0) is 27.7. The number of nitro groups is 1. The van der Waals surface area contributed by atoms with Crippen LogP contribution in [0.15, 0.2) is 76.4 Å². The van der Waals surface area contributed by atoms with Crippen LogP contribution in [0.4, 0.5) is 5.69 Å². The molecule has 5 rings (SSSR count). The lowest BCUT2D eigenvalue weighted by molar-refractivity contribution is -0.386. The Labute approximate surface area is 223 Å². The Kier molecular flexibility index (Phi) is 6.76. The number of aryl methyl sites for hydroxylation is 1. The van der Waals surface area contributed by atoms with Crippen molar-refractivity contribution < 1.29 is 17.9 Å². The van der Waals surface area contributed by atoms with Gasteiger partial charge in [-0.2, -0.15) is 0 Å². The molecule has 3 aromatic heterocycles. The summed E-state index contributed by atoms with van der Waals surface area (Å²) in [6.07, 6.45) is 3.11. The van der Waals surface area contributed by atoms with Gasteiger partial charge in [0.15, 0.2) is 11.5 Å². The van der Waals surface area contributed by atoms with E-state index in [-0.39, 0.29) is 17.1 Å². The van der Waals surface area contributed by atoms with E-state index in [1.165, 1.54) is 30.1 Å². The zero-order valence-electron chi connectivity index (χ0n) is 21.2. The van der Waals surface area contributed by atoms with Gasteiger partial charge in [-0.1, -0.05) is 52.8 Å². The van der Waals surface area contributed by atoms with Gasteiger partial charge in [-0.05, 0) is 38.6 Å². The summed E-state index contributed by atoms with van der Waals surface area (Å²) < 4.78 is 34.0. The van der Waals surface area contributed by atoms with E-state index in [0.29, 0.717) is 45.1 Å². The molecule has 13 heteroatoms. The highest BCUT2D eigenvalue weighted by Crippen LogP contribution is 2.39. The number of aromatic nitrogens is 5. The lowest BCUT2D eigenvalue weighted by Crippen LogP contribution is -2.18. The van der Waals surface area contributed by atoms with Crippen LogP contribution in [0.2, 0.25) is 0 Å². The van der Waals surface area contributed by atoms with Gasteiger partial charge in [0.2, 0.25) is 10.0 Å². The average molecular weight is 546 g/mol. The van der Waals surface area contributed by atoms with Gasteiger partial charge in [-0.15, -0.1) is 5.10 Å². The Bertz CT molecular complexity index is 1780. The van der Waals surface area contributed by atoms with E-state index >= 15 is 0 Å². The van der Waals surface area contributed by atoms with Crippen molar-refractivity contribution in [1.29, 1.82) is 0 Å². The van der Waals surface area contributed by atoms with Gasteiger partial charge in [-0.25, -0.2) is 17.8 Å². The second-order valence-electron chi connectivity index (χ2n) is 8.75. The molecule has 1 N–H and O–H groups in total. The molecule has 0 aliphatic rings. The third-order valence-corrected chi connectivity index (χ3v) is 7.73. The maximum Gasteiger partial charge on any atom is 0.278 e. The number of sulfonamides is 1. The third kappa shape index (κ3) is 4.92. The predicted octanol–water partition coefficient (Wildman–Crippen LogP) is 4.14. The fourth-order valence-corrected chi connectivity index (χ4v) is 5.01. The van der Waals surface area contributed by atoms with Crippen LogP contribution in [-0.2, 0) is 16.6 Å². The van der Waals surface area contributed by atoms with E-state index < -0.39 is 14.9 Å². The minimum Gasteiger partial charge on any atom is -0.353 e. The average Bonchev–Trinajstić information content (AvgIpc) is 3.58. The summed E-state index contributed by atoms with van der Waals surface area (Å²) in [5.74, 6) is 0.337. The SMILES string of the molecule is CNS(=O)(=O)c1ccc(-c2c(-c3ccccc3)noc2-c2cn(Cc3ncc(C)c([N+](=O)[O-])c3C)nn2)cc1. The predicted molar refractivity (Wildman–Crippen MR) is 142 cm³/mol. The highest BCUT2D eigenvalue weighted by atomic mass is 32.2. The first-order valence-electron chi connectivity index (χ1n) is 11.8. The number of hydrogen-bond donors (Lipinski definition) is 1. The van der Waals surface area contributed by atoms with Crippen LogP contribution < -0.4 is 4.72 Å². The Balaban J connectivity index is 1.57. The summed E-state index contributed by atoms with van der Waals surface area (Å²) in [6, 6.07) is 15.8. The molecular weight excluding hydrogens is 522 g/mol. The Hall–Kier alpha value is -4.75. The van der Waals surface area contributed by atoms with Crippen molar-refractivity contribution in [2.24, 2.45) is 0 Å². The van der Waals surface area contributed by atoms with E-state index in [4.69, 9.17) is 4.52 Å². The highest BCUT2D eigenvalue weighted by Gasteiger charge is 2.24. The summed E-state index contributed by atoms with van der Waals surface area (Å²) >= 11 is 0. The van der Waals surface area contributed by atoms with Crippen LogP contribution >= 0.6 is 0 Å². The smallest absolute Gasteiger partial charge is 0.278 e. The van der Waals surface area contributed by atoms with E-state index in [0.717, 1.165) is 5.56 Å². The van der Waals surface area contributed by atoms with E-state index in [1.807, 2.05) is 30.3 Å². The standard InChI is InChI=1S/C26H23N7O5S/c1-16-13-28-21(17(2)25(16)33(34)35)14-32-15-22(29-31-32)26-23(24(30-38-26)19-7-5-4-6-8-19)18-9-11-20(12-10-18)39(36,37)27-3/h4-13,15,27H,14H2,1-3H3. The van der Waals surface area contributed by atoms with E-state index in [9.17, 15) is 18.5 Å². The van der Waals surface area contributed by atoms with Crippen molar-refractivity contribution in [2.45, 2.75) is 25.3 Å². The molecule has 0 atom stereocenters. The summed E-state index contributed by atoms with van der Waals surface area (Å²) in [4.78, 5) is 15.6. The van der Waals surface area contributed by atoms with Crippen LogP contribution in [0.25, 0.3) is 33.8 Å². The topological polar surface area (TPSA) is 159 Å². The summed E-state index contributed by atoms with van der Waals surface area (Å²) in [5.41, 5.74) is 4.47. The molecule has 198 valence electrons. The minimum absolute atomic E-state index is 0.0223. The van der Waals surface area contributed by atoms with Crippen LogP contribution in [0.1, 0.15) is 16.8 Å². The molecule has 0 spiro atoms. The van der Waals surface area contributed by atoms with Gasteiger partial charge in [-0.3, -0.25) is 15.1 Å². The molecule has 0 bridgehead atoms. The van der Waals surface area contributed by atoms with Crippen LogP contribution in [0.5, 0.6) is 0 Å². The van der Waals surface area contributed by atoms with Crippen molar-refractivity contribution in [3.8, 4) is 33.8 Å². The Morgan fingerprint density at radius 2 is 1.77 bits per heavy atom. The van der Waals surface area contributed by atoms with Gasteiger partial charge < -0.3 is 4.52 Å². The number of rotatable bonds is 8. The first-order valence-corrected chi connectivity index (χ1v) is 13.3. The number of benzene rings is 2. The molecule has 0 radical (unpaired) electrons. The van der Waals surface area contributed by atoms with Crippen molar-refractivity contribution in [3.05, 3.63) is 93.9 Å². The van der Waals surface area contributed by atoms with Crippen molar-refractivity contribution >= 4 is 15.7 Å². The van der Waals surface area contributed by atoms with Crippen molar-refractivity contribution in [3.63, 3.8) is 0 Å². The lowest BCUT2D eigenvalue weighted by Gasteiger charge is -2.07. The number of nitrogens with zero attached hydrogens (tertiary/aromatic N) is 6. The molecule has 12 nitrogen and oxygen atoms in total. The number of hydrogen-bond acceptors (Lipinski definition) is 9. The van der Waals surface area contributed by atoms with Gasteiger partial charge in [0, 0.05) is 17.3 Å². The molecule has 0 saturated heterocycles. The second kappa shape index (κ2) is 10.2. The lowest BCUT2D eigenvalue weighted by atomic mass is 9.98. The van der Waals surface area contributed by atoms with Crippen molar-refractivity contribution in [1.82, 2.24) is 29.9 Å². The molecule has 0 saturated carbocycles. The van der Waals surface area contributed by atoms with Crippen LogP contribution in [-0.4, -0.2) is 45.5 Å². The molecule has 0 unspecified atom stereocenters. The molecule has 0 amide bonds. The van der Waals surface area contributed by atoms with Gasteiger partial charge >= 0.3 is 0 Å². The zero-order valence-corrected chi connectivity index (χ0v) is 22.0. The maximum absolute atomic E-state index is 12.2. The number of nitrogens with one attached hydrogen (secondary N) is 1. The Morgan fingerprint density at radius 3 is 2.44 bits per heavy atom. The van der Waals surface area contributed by atoms with Gasteiger partial charge in [0.25, 0.3) is 5.69 Å². The fourth-order valence-electron chi connectivity index (χ4n) is 4.28. The first kappa shape index (κ1) is 25.9. The molecule has 2 aromatic carbocycles. The summed E-state index contributed by atoms with van der Waals surface area (Å²) in [5, 5.41) is 24.3. The minimum atomic E-state index is -3.61. The third-order valence-electron chi connectivity index (χ3n) is 6.30. The fraction of sp³-hybridized carbons (Fsp3) is 0.154. The molecule has 3 heterocycles. The maximum atomic E-state index is 12.2. The van der Waals surface area contributed by atoms with Crippen LogP contribution in [0, 0.1) is 24.0 Å². The van der Waals surface area contributed by atoms with Gasteiger partial charge in [0.1, 0.15) is 5.69 Å². The van der Waals surface area contributed by atoms with Crippen molar-refractivity contribution in [2.75, 3.05) is 7.05 Å². The monoisotopic (exact) mass is 545 g/mol. The quantitative estimate of drug-likeness (QED) is 0.223. The summed E-state index contributed by atoms with van der Waals surface area (Å²) in [7, 11) is -2.26. The van der Waals surface area contributed by atoms with E-state index in [1.54, 1.807) is 32.2 Å². The molecular formula is C26H23N7O5S. The molecule has 5 aromatic rings. The second-order valence-corrected chi connectivity index (χ2v) is 10.6.